The average Bonchev–Trinajstić information content (AvgIpc) is 2.97. The summed E-state index contributed by atoms with van der Waals surface area (Å²) in [6.45, 7) is 13.1. The Morgan fingerprint density at radius 2 is 1.92 bits per heavy atom. The van der Waals surface area contributed by atoms with E-state index in [1.165, 1.54) is 27.9 Å². The maximum atomic E-state index is 12.0. The number of fused-ring (bicyclic) bond motifs is 1. The molecule has 38 heavy (non-hydrogen) atoms. The molecule has 0 amide bonds. The second-order valence-electron chi connectivity index (χ2n) is 11.2. The van der Waals surface area contributed by atoms with Gasteiger partial charge in [-0.1, -0.05) is 36.4 Å². The number of aryl methyl sites for hydroxylation is 2. The van der Waals surface area contributed by atoms with E-state index in [0.717, 1.165) is 42.0 Å². The van der Waals surface area contributed by atoms with Crippen molar-refractivity contribution in [2.45, 2.75) is 65.6 Å². The van der Waals surface area contributed by atoms with Crippen molar-refractivity contribution in [3.05, 3.63) is 87.5 Å². The Morgan fingerprint density at radius 1 is 1.16 bits per heavy atom. The molecule has 0 aliphatic carbocycles. The van der Waals surface area contributed by atoms with Crippen LogP contribution in [0.15, 0.2) is 53.6 Å². The molecule has 200 valence electrons. The van der Waals surface area contributed by atoms with Crippen LogP contribution >= 0.6 is 0 Å². The fourth-order valence-corrected chi connectivity index (χ4v) is 5.66. The van der Waals surface area contributed by atoms with Crippen LogP contribution in [0.3, 0.4) is 0 Å². The Morgan fingerprint density at radius 3 is 2.61 bits per heavy atom. The van der Waals surface area contributed by atoms with Gasteiger partial charge in [0, 0.05) is 43.8 Å². The summed E-state index contributed by atoms with van der Waals surface area (Å²) in [4.78, 5) is 14.4. The molecule has 3 aromatic carbocycles. The first-order valence-electron chi connectivity index (χ1n) is 13.1. The van der Waals surface area contributed by atoms with Gasteiger partial charge in [0.1, 0.15) is 5.69 Å². The molecule has 1 aliphatic rings. The Balaban J connectivity index is 1.71. The summed E-state index contributed by atoms with van der Waals surface area (Å²) in [5.74, 6) is -1.20. The first kappa shape index (κ1) is 27.3. The SMILES string of the molecule is CNc1ccc([C@@H](CC(=O)O)c2ccc(C)c(CN3Cc4ccc(C)cc4NC(C)(C)C3)c2)c(C)c1N=N. The fraction of sp³-hybridized carbons (Fsp3) is 0.387. The first-order valence-corrected chi connectivity index (χ1v) is 13.1. The molecule has 0 saturated heterocycles. The van der Waals surface area contributed by atoms with Crippen LogP contribution in [0, 0.1) is 26.3 Å². The number of aliphatic carboxylic acids is 1. The highest BCUT2D eigenvalue weighted by molar-refractivity contribution is 5.73. The van der Waals surface area contributed by atoms with Crippen LogP contribution in [0.5, 0.6) is 0 Å². The smallest absolute Gasteiger partial charge is 0.304 e. The van der Waals surface area contributed by atoms with Crippen molar-refractivity contribution in [2.24, 2.45) is 5.11 Å². The minimum absolute atomic E-state index is 0.0346. The minimum atomic E-state index is -0.856. The van der Waals surface area contributed by atoms with E-state index in [9.17, 15) is 9.90 Å². The molecule has 4 N–H and O–H groups in total. The van der Waals surface area contributed by atoms with E-state index in [1.54, 1.807) is 7.05 Å². The number of anilines is 2. The van der Waals surface area contributed by atoms with Crippen molar-refractivity contribution >= 4 is 23.0 Å². The molecule has 0 fully saturated rings. The second-order valence-corrected chi connectivity index (χ2v) is 11.2. The van der Waals surface area contributed by atoms with Crippen molar-refractivity contribution in [2.75, 3.05) is 24.2 Å². The zero-order valence-electron chi connectivity index (χ0n) is 23.3. The fourth-order valence-electron chi connectivity index (χ4n) is 5.66. The van der Waals surface area contributed by atoms with Crippen molar-refractivity contribution in [1.29, 1.82) is 5.53 Å². The molecule has 0 bridgehead atoms. The molecule has 0 aromatic heterocycles. The summed E-state index contributed by atoms with van der Waals surface area (Å²) >= 11 is 0. The zero-order valence-corrected chi connectivity index (χ0v) is 23.3. The maximum absolute atomic E-state index is 12.0. The third kappa shape index (κ3) is 5.89. The number of hydrogen-bond acceptors (Lipinski definition) is 6. The highest BCUT2D eigenvalue weighted by atomic mass is 16.4. The predicted molar refractivity (Wildman–Crippen MR) is 154 cm³/mol. The Labute approximate surface area is 225 Å². The molecular weight excluding hydrogens is 474 g/mol. The lowest BCUT2D eigenvalue weighted by atomic mass is 9.84. The average molecular weight is 514 g/mol. The third-order valence-corrected chi connectivity index (χ3v) is 7.53. The van der Waals surface area contributed by atoms with Gasteiger partial charge in [0.15, 0.2) is 0 Å². The molecule has 0 spiro atoms. The Kier molecular flexibility index (Phi) is 7.88. The molecule has 1 atom stereocenters. The van der Waals surface area contributed by atoms with Gasteiger partial charge in [-0.05, 0) is 85.7 Å². The van der Waals surface area contributed by atoms with Gasteiger partial charge in [-0.15, -0.1) is 0 Å². The minimum Gasteiger partial charge on any atom is -0.481 e. The van der Waals surface area contributed by atoms with E-state index in [1.807, 2.05) is 25.1 Å². The van der Waals surface area contributed by atoms with Crippen LogP contribution in [-0.2, 0) is 17.9 Å². The summed E-state index contributed by atoms with van der Waals surface area (Å²) in [6.07, 6.45) is -0.0346. The summed E-state index contributed by atoms with van der Waals surface area (Å²) in [6, 6.07) is 16.8. The van der Waals surface area contributed by atoms with Crippen molar-refractivity contribution in [3.63, 3.8) is 0 Å². The van der Waals surface area contributed by atoms with Crippen LogP contribution < -0.4 is 10.6 Å². The third-order valence-electron chi connectivity index (χ3n) is 7.53. The number of rotatable bonds is 8. The summed E-state index contributed by atoms with van der Waals surface area (Å²) in [5, 5.41) is 20.4. The van der Waals surface area contributed by atoms with Gasteiger partial charge >= 0.3 is 5.97 Å². The summed E-state index contributed by atoms with van der Waals surface area (Å²) in [5.41, 5.74) is 17.7. The Hall–Kier alpha value is -3.71. The lowest BCUT2D eigenvalue weighted by molar-refractivity contribution is -0.137. The van der Waals surface area contributed by atoms with E-state index in [2.05, 4.69) is 78.7 Å². The van der Waals surface area contributed by atoms with E-state index >= 15 is 0 Å². The molecule has 0 unspecified atom stereocenters. The molecule has 3 aromatic rings. The van der Waals surface area contributed by atoms with E-state index in [-0.39, 0.29) is 17.9 Å². The van der Waals surface area contributed by atoms with Gasteiger partial charge in [-0.2, -0.15) is 5.11 Å². The number of carbonyl (C=O) groups is 1. The van der Waals surface area contributed by atoms with Crippen LogP contribution in [-0.4, -0.2) is 35.1 Å². The number of carboxylic acid groups (broad SMARTS) is 1. The molecular formula is C31H39N5O2. The van der Waals surface area contributed by atoms with E-state index < -0.39 is 5.97 Å². The standard InChI is InChI=1S/C31H39N5O2/c1-19-7-9-23-16-36(18-31(4,5)34-28(23)13-19)17-24-14-22(10-8-20(24)2)26(15-29(37)38)25-11-12-27(33-6)30(35-32)21(25)3/h7-14,26,32-34H,15-18H2,1-6H3,(H,37,38)/t26-/m0/s1. The maximum Gasteiger partial charge on any atom is 0.304 e. The largest absolute Gasteiger partial charge is 0.481 e. The molecule has 1 heterocycles. The topological polar surface area (TPSA) is 101 Å². The highest BCUT2D eigenvalue weighted by Gasteiger charge is 2.28. The summed E-state index contributed by atoms with van der Waals surface area (Å²) in [7, 11) is 1.79. The molecule has 7 nitrogen and oxygen atoms in total. The quantitative estimate of drug-likeness (QED) is 0.240. The molecule has 0 radical (unpaired) electrons. The molecule has 0 saturated carbocycles. The number of hydrogen-bond donors (Lipinski definition) is 4. The van der Waals surface area contributed by atoms with Gasteiger partial charge in [-0.3, -0.25) is 9.69 Å². The van der Waals surface area contributed by atoms with Crippen molar-refractivity contribution in [1.82, 2.24) is 4.90 Å². The molecule has 7 heteroatoms. The zero-order chi connectivity index (χ0) is 27.6. The van der Waals surface area contributed by atoms with Crippen LogP contribution in [0.1, 0.15) is 65.1 Å². The van der Waals surface area contributed by atoms with E-state index in [0.29, 0.717) is 5.69 Å². The molecule has 4 rings (SSSR count). The van der Waals surface area contributed by atoms with Gasteiger partial charge in [0.25, 0.3) is 0 Å². The highest BCUT2D eigenvalue weighted by Crippen LogP contribution is 2.39. The first-order chi connectivity index (χ1) is 18.0. The van der Waals surface area contributed by atoms with Crippen molar-refractivity contribution < 1.29 is 9.90 Å². The van der Waals surface area contributed by atoms with Gasteiger partial charge in [0.05, 0.1) is 12.1 Å². The van der Waals surface area contributed by atoms with E-state index in [4.69, 9.17) is 5.53 Å². The van der Waals surface area contributed by atoms with Crippen LogP contribution in [0.25, 0.3) is 0 Å². The predicted octanol–water partition coefficient (Wildman–Crippen LogP) is 7.13. The van der Waals surface area contributed by atoms with Gasteiger partial charge in [0.2, 0.25) is 0 Å². The lowest BCUT2D eigenvalue weighted by Crippen LogP contribution is -2.41. The van der Waals surface area contributed by atoms with Crippen molar-refractivity contribution in [3.8, 4) is 0 Å². The van der Waals surface area contributed by atoms with Gasteiger partial charge in [-0.25, -0.2) is 5.53 Å². The van der Waals surface area contributed by atoms with Crippen LogP contribution in [0.2, 0.25) is 0 Å². The number of nitrogens with one attached hydrogen (secondary N) is 3. The summed E-state index contributed by atoms with van der Waals surface area (Å²) < 4.78 is 0. The second kappa shape index (κ2) is 11.0. The van der Waals surface area contributed by atoms with Crippen LogP contribution in [0.4, 0.5) is 17.1 Å². The van der Waals surface area contributed by atoms with Gasteiger partial charge < -0.3 is 15.7 Å². The number of carboxylic acids is 1. The monoisotopic (exact) mass is 513 g/mol. The number of benzene rings is 3. The number of nitrogens with zero attached hydrogens (tertiary/aromatic N) is 2. The normalized spacial score (nSPS) is 15.6. The lowest BCUT2D eigenvalue weighted by Gasteiger charge is -2.31. The Bertz CT molecular complexity index is 1360. The molecule has 1 aliphatic heterocycles.